The lowest BCUT2D eigenvalue weighted by Crippen LogP contribution is -2.12. The third kappa shape index (κ3) is 2.28. The lowest BCUT2D eigenvalue weighted by Gasteiger charge is -2.23. The molecule has 2 aromatic rings. The van der Waals surface area contributed by atoms with Gasteiger partial charge in [0, 0.05) is 0 Å². The first-order valence-corrected chi connectivity index (χ1v) is 8.57. The van der Waals surface area contributed by atoms with E-state index in [1.807, 2.05) is 0 Å². The van der Waals surface area contributed by atoms with E-state index >= 15 is 0 Å². The minimum absolute atomic E-state index is 0.168. The van der Waals surface area contributed by atoms with Crippen molar-refractivity contribution in [3.63, 3.8) is 0 Å². The van der Waals surface area contributed by atoms with Crippen LogP contribution in [0.2, 0.25) is 0 Å². The van der Waals surface area contributed by atoms with Gasteiger partial charge >= 0.3 is 0 Å². The Kier molecular flexibility index (Phi) is 3.13. The summed E-state index contributed by atoms with van der Waals surface area (Å²) in [5.74, 6) is 0. The monoisotopic (exact) mass is 300 g/mol. The molecule has 2 aliphatic carbocycles. The highest BCUT2D eigenvalue weighted by Gasteiger charge is 2.27. The summed E-state index contributed by atoms with van der Waals surface area (Å²) in [6.07, 6.45) is 8.88. The van der Waals surface area contributed by atoms with Crippen molar-refractivity contribution in [3.8, 4) is 11.1 Å². The van der Waals surface area contributed by atoms with Gasteiger partial charge in [0.1, 0.15) is 0 Å². The van der Waals surface area contributed by atoms with Crippen LogP contribution in [0.5, 0.6) is 0 Å². The SMILES string of the molecule is Cc1cccc2c1-c1cc(C(C)(C)C)cc(C3=CC=CC3)c1C2. The highest BCUT2D eigenvalue weighted by Crippen LogP contribution is 2.45. The van der Waals surface area contributed by atoms with E-state index in [1.54, 1.807) is 0 Å². The van der Waals surface area contributed by atoms with Crippen molar-refractivity contribution in [2.75, 3.05) is 0 Å². The number of hydrogen-bond donors (Lipinski definition) is 0. The Morgan fingerprint density at radius 3 is 2.48 bits per heavy atom. The van der Waals surface area contributed by atoms with Gasteiger partial charge in [0.15, 0.2) is 0 Å². The van der Waals surface area contributed by atoms with Crippen molar-refractivity contribution in [2.45, 2.75) is 46.0 Å². The summed E-state index contributed by atoms with van der Waals surface area (Å²) >= 11 is 0. The molecule has 0 fully saturated rings. The van der Waals surface area contributed by atoms with E-state index in [4.69, 9.17) is 0 Å². The summed E-state index contributed by atoms with van der Waals surface area (Å²) in [4.78, 5) is 0. The minimum Gasteiger partial charge on any atom is -0.0801 e. The zero-order chi connectivity index (χ0) is 16.2. The molecule has 0 unspecified atom stereocenters. The molecule has 0 saturated carbocycles. The normalized spacial score (nSPS) is 15.6. The number of hydrogen-bond acceptors (Lipinski definition) is 0. The van der Waals surface area contributed by atoms with Crippen LogP contribution in [-0.2, 0) is 11.8 Å². The van der Waals surface area contributed by atoms with Gasteiger partial charge in [0.25, 0.3) is 0 Å². The first kappa shape index (κ1) is 14.5. The number of rotatable bonds is 1. The average molecular weight is 300 g/mol. The molecule has 2 aromatic carbocycles. The highest BCUT2D eigenvalue weighted by atomic mass is 14.3. The molecule has 0 spiro atoms. The summed E-state index contributed by atoms with van der Waals surface area (Å²) in [5.41, 5.74) is 11.9. The van der Waals surface area contributed by atoms with Gasteiger partial charge in [-0.1, -0.05) is 69.3 Å². The van der Waals surface area contributed by atoms with E-state index in [0.29, 0.717) is 0 Å². The van der Waals surface area contributed by atoms with Crippen LogP contribution in [0.1, 0.15) is 55.0 Å². The molecule has 116 valence electrons. The van der Waals surface area contributed by atoms with E-state index in [9.17, 15) is 0 Å². The molecule has 0 radical (unpaired) electrons. The van der Waals surface area contributed by atoms with Crippen LogP contribution in [0, 0.1) is 6.92 Å². The first-order valence-electron chi connectivity index (χ1n) is 8.57. The maximum atomic E-state index is 2.45. The molecule has 0 atom stereocenters. The minimum atomic E-state index is 0.168. The Balaban J connectivity index is 2.00. The average Bonchev–Trinajstić information content (AvgIpc) is 3.13. The van der Waals surface area contributed by atoms with Crippen molar-refractivity contribution in [1.82, 2.24) is 0 Å². The van der Waals surface area contributed by atoms with Crippen molar-refractivity contribution in [2.24, 2.45) is 0 Å². The molecule has 4 rings (SSSR count). The molecule has 0 bridgehead atoms. The number of benzene rings is 2. The van der Waals surface area contributed by atoms with Crippen LogP contribution in [0.15, 0.2) is 48.6 Å². The maximum absolute atomic E-state index is 2.45. The molecule has 0 heterocycles. The molecule has 2 aliphatic rings. The lowest BCUT2D eigenvalue weighted by molar-refractivity contribution is 0.590. The third-order valence-corrected chi connectivity index (χ3v) is 5.23. The van der Waals surface area contributed by atoms with E-state index in [0.717, 1.165) is 12.8 Å². The second kappa shape index (κ2) is 4.96. The molecule has 23 heavy (non-hydrogen) atoms. The number of fused-ring (bicyclic) bond motifs is 3. The van der Waals surface area contributed by atoms with Gasteiger partial charge in [-0.15, -0.1) is 0 Å². The van der Waals surface area contributed by atoms with Gasteiger partial charge in [-0.3, -0.25) is 0 Å². The quantitative estimate of drug-likeness (QED) is 0.501. The van der Waals surface area contributed by atoms with Gasteiger partial charge in [0.05, 0.1) is 0 Å². The first-order chi connectivity index (χ1) is 10.9. The zero-order valence-corrected chi connectivity index (χ0v) is 14.5. The van der Waals surface area contributed by atoms with E-state index in [-0.39, 0.29) is 5.41 Å². The van der Waals surface area contributed by atoms with Crippen molar-refractivity contribution < 1.29 is 0 Å². The van der Waals surface area contributed by atoms with Crippen LogP contribution >= 0.6 is 0 Å². The smallest absolute Gasteiger partial charge is 0.000729 e. The molecule has 0 aromatic heterocycles. The van der Waals surface area contributed by atoms with Gasteiger partial charge < -0.3 is 0 Å². The summed E-state index contributed by atoms with van der Waals surface area (Å²) in [5, 5.41) is 0. The fourth-order valence-corrected chi connectivity index (χ4v) is 3.90. The molecule has 0 heteroatoms. The van der Waals surface area contributed by atoms with Crippen LogP contribution in [0.25, 0.3) is 16.7 Å². The molecular formula is C23H24. The summed E-state index contributed by atoms with van der Waals surface area (Å²) in [6.45, 7) is 9.18. The Hall–Kier alpha value is -2.08. The lowest BCUT2D eigenvalue weighted by atomic mass is 9.81. The topological polar surface area (TPSA) is 0 Å². The number of aryl methyl sites for hydroxylation is 1. The van der Waals surface area contributed by atoms with Crippen molar-refractivity contribution in [1.29, 1.82) is 0 Å². The molecular weight excluding hydrogens is 276 g/mol. The van der Waals surface area contributed by atoms with E-state index in [1.165, 1.54) is 44.5 Å². The predicted octanol–water partition coefficient (Wildman–Crippen LogP) is 6.21. The second-order valence-corrected chi connectivity index (χ2v) is 7.91. The molecule has 0 aliphatic heterocycles. The summed E-state index contributed by atoms with van der Waals surface area (Å²) in [7, 11) is 0. The van der Waals surface area contributed by atoms with Crippen LogP contribution in [0.4, 0.5) is 0 Å². The summed E-state index contributed by atoms with van der Waals surface area (Å²) < 4.78 is 0. The molecule has 0 amide bonds. The van der Waals surface area contributed by atoms with Crippen LogP contribution < -0.4 is 0 Å². The summed E-state index contributed by atoms with van der Waals surface area (Å²) in [6, 6.07) is 11.6. The largest absolute Gasteiger partial charge is 0.0801 e. The van der Waals surface area contributed by atoms with Gasteiger partial charge in [0.2, 0.25) is 0 Å². The third-order valence-electron chi connectivity index (χ3n) is 5.23. The molecule has 0 nitrogen and oxygen atoms in total. The second-order valence-electron chi connectivity index (χ2n) is 7.91. The van der Waals surface area contributed by atoms with Crippen LogP contribution in [-0.4, -0.2) is 0 Å². The number of allylic oxidation sites excluding steroid dienone is 4. The van der Waals surface area contributed by atoms with E-state index < -0.39 is 0 Å². The standard InChI is InChI=1S/C23H24/c1-15-8-7-11-17-12-20-19(16-9-5-6-10-16)13-18(23(2,3)4)14-21(20)22(15)17/h5-9,11,13-14H,10,12H2,1-4H3. The Labute approximate surface area is 139 Å². The highest BCUT2D eigenvalue weighted by molar-refractivity contribution is 5.87. The van der Waals surface area contributed by atoms with E-state index in [2.05, 4.69) is 76.3 Å². The fourth-order valence-electron chi connectivity index (χ4n) is 3.90. The Bertz CT molecular complexity index is 854. The maximum Gasteiger partial charge on any atom is -0.000729 e. The fraction of sp³-hybridized carbons (Fsp3) is 0.304. The van der Waals surface area contributed by atoms with Crippen molar-refractivity contribution >= 4 is 5.57 Å². The molecule has 0 N–H and O–H groups in total. The predicted molar refractivity (Wildman–Crippen MR) is 99.9 cm³/mol. The van der Waals surface area contributed by atoms with Gasteiger partial charge in [-0.25, -0.2) is 0 Å². The van der Waals surface area contributed by atoms with Crippen molar-refractivity contribution in [3.05, 3.63) is 76.4 Å². The van der Waals surface area contributed by atoms with Gasteiger partial charge in [-0.05, 0) is 69.7 Å². The Morgan fingerprint density at radius 2 is 1.78 bits per heavy atom. The molecule has 0 saturated heterocycles. The van der Waals surface area contributed by atoms with Gasteiger partial charge in [-0.2, -0.15) is 0 Å². The Morgan fingerprint density at radius 1 is 1.00 bits per heavy atom. The van der Waals surface area contributed by atoms with Crippen LogP contribution in [0.3, 0.4) is 0 Å². The zero-order valence-electron chi connectivity index (χ0n) is 14.5.